The molecule has 0 radical (unpaired) electrons. The quantitative estimate of drug-likeness (QED) is 0.751. The molecule has 5 nitrogen and oxygen atoms in total. The lowest BCUT2D eigenvalue weighted by atomic mass is 9.86. The first-order chi connectivity index (χ1) is 12.0. The minimum absolute atomic E-state index is 0.00654. The number of carbonyl (C=O) groups is 2. The van der Waals surface area contributed by atoms with Crippen molar-refractivity contribution in [1.29, 1.82) is 0 Å². The van der Waals surface area contributed by atoms with Gasteiger partial charge in [0.05, 0.1) is 5.92 Å². The van der Waals surface area contributed by atoms with E-state index < -0.39 is 23.5 Å². The second kappa shape index (κ2) is 9.46. The van der Waals surface area contributed by atoms with Crippen LogP contribution in [0.4, 0.5) is 8.78 Å². The molecule has 1 fully saturated rings. The molecule has 1 unspecified atom stereocenters. The summed E-state index contributed by atoms with van der Waals surface area (Å²) in [5.41, 5.74) is 0.235. The zero-order valence-electron chi connectivity index (χ0n) is 14.0. The summed E-state index contributed by atoms with van der Waals surface area (Å²) in [5, 5.41) is 12.0. The highest BCUT2D eigenvalue weighted by molar-refractivity contribution is 5.77. The van der Waals surface area contributed by atoms with Gasteiger partial charge in [-0.25, -0.2) is 8.78 Å². The molecule has 1 heterocycles. The average molecular weight is 355 g/mol. The topological polar surface area (TPSA) is 75.6 Å². The van der Waals surface area contributed by atoms with Gasteiger partial charge in [-0.15, -0.1) is 0 Å². The number of aliphatic carboxylic acids is 1. The number of hydrogen-bond acceptors (Lipinski definition) is 3. The summed E-state index contributed by atoms with van der Waals surface area (Å²) in [5.74, 6) is -2.85. The number of amides is 1. The van der Waals surface area contributed by atoms with E-state index in [0.29, 0.717) is 32.5 Å². The first-order valence-corrected chi connectivity index (χ1v) is 8.48. The monoisotopic (exact) mass is 355 g/mol. The Balaban J connectivity index is 1.75. The Morgan fingerprint density at radius 3 is 2.68 bits per heavy atom. The maximum atomic E-state index is 13.5. The van der Waals surface area contributed by atoms with E-state index in [1.165, 1.54) is 0 Å². The molecule has 1 saturated heterocycles. The number of carboxylic acid groups (broad SMARTS) is 1. The summed E-state index contributed by atoms with van der Waals surface area (Å²) in [7, 11) is 0. The third kappa shape index (κ3) is 6.08. The SMILES string of the molecule is O=C(CCCc1cc(F)ccc1F)NCC(C(=O)O)C1CCOCC1. The lowest BCUT2D eigenvalue weighted by Gasteiger charge is -2.27. The standard InChI is InChI=1S/C18H23F2NO4/c19-14-4-5-16(20)13(10-14)2-1-3-17(22)21-11-15(18(23)24)12-6-8-25-9-7-12/h4-5,10,12,15H,1-3,6-9,11H2,(H,21,22)(H,23,24). The van der Waals surface area contributed by atoms with Crippen LogP contribution in [0.2, 0.25) is 0 Å². The predicted octanol–water partition coefficient (Wildman–Crippen LogP) is 2.53. The Morgan fingerprint density at radius 2 is 2.00 bits per heavy atom. The van der Waals surface area contributed by atoms with Crippen molar-refractivity contribution in [3.63, 3.8) is 0 Å². The number of benzene rings is 1. The highest BCUT2D eigenvalue weighted by Gasteiger charge is 2.29. The molecule has 7 heteroatoms. The molecule has 1 aromatic rings. The van der Waals surface area contributed by atoms with Gasteiger partial charge in [0, 0.05) is 26.2 Å². The molecule has 2 N–H and O–H groups in total. The Labute approximate surface area is 145 Å². The van der Waals surface area contributed by atoms with Crippen LogP contribution in [-0.2, 0) is 20.7 Å². The molecule has 1 aromatic carbocycles. The molecule has 1 aliphatic heterocycles. The minimum atomic E-state index is -0.922. The van der Waals surface area contributed by atoms with Crippen molar-refractivity contribution in [2.75, 3.05) is 19.8 Å². The average Bonchev–Trinajstić information content (AvgIpc) is 2.59. The number of carbonyl (C=O) groups excluding carboxylic acids is 1. The second-order valence-corrected chi connectivity index (χ2v) is 6.29. The first kappa shape index (κ1) is 19.3. The fourth-order valence-electron chi connectivity index (χ4n) is 3.06. The van der Waals surface area contributed by atoms with Gasteiger partial charge < -0.3 is 15.2 Å². The molecule has 0 aromatic heterocycles. The zero-order valence-corrected chi connectivity index (χ0v) is 14.0. The normalized spacial score (nSPS) is 16.4. The van der Waals surface area contributed by atoms with Gasteiger partial charge in [0.2, 0.25) is 5.91 Å². The Morgan fingerprint density at radius 1 is 1.28 bits per heavy atom. The van der Waals surface area contributed by atoms with Crippen molar-refractivity contribution in [2.24, 2.45) is 11.8 Å². The van der Waals surface area contributed by atoms with Gasteiger partial charge in [-0.2, -0.15) is 0 Å². The number of rotatable bonds is 8. The van der Waals surface area contributed by atoms with Crippen LogP contribution in [-0.4, -0.2) is 36.7 Å². The molecule has 1 aliphatic rings. The Hall–Kier alpha value is -2.02. The number of ether oxygens (including phenoxy) is 1. The Kier molecular flexibility index (Phi) is 7.31. The minimum Gasteiger partial charge on any atom is -0.481 e. The summed E-state index contributed by atoms with van der Waals surface area (Å²) in [6, 6.07) is 3.24. The lowest BCUT2D eigenvalue weighted by Crippen LogP contribution is -2.38. The van der Waals surface area contributed by atoms with Crippen LogP contribution in [0.1, 0.15) is 31.2 Å². The number of nitrogens with one attached hydrogen (secondary N) is 1. The fraction of sp³-hybridized carbons (Fsp3) is 0.556. The summed E-state index contributed by atoms with van der Waals surface area (Å²) in [6.45, 7) is 1.16. The van der Waals surface area contributed by atoms with Crippen LogP contribution in [0.15, 0.2) is 18.2 Å². The summed E-state index contributed by atoms with van der Waals surface area (Å²) in [4.78, 5) is 23.3. The summed E-state index contributed by atoms with van der Waals surface area (Å²) < 4.78 is 31.8. The van der Waals surface area contributed by atoms with Gasteiger partial charge in [0.25, 0.3) is 0 Å². The predicted molar refractivity (Wildman–Crippen MR) is 87.0 cm³/mol. The van der Waals surface area contributed by atoms with Crippen molar-refractivity contribution in [3.05, 3.63) is 35.4 Å². The van der Waals surface area contributed by atoms with Crippen LogP contribution in [0.25, 0.3) is 0 Å². The van der Waals surface area contributed by atoms with Gasteiger partial charge in [0.15, 0.2) is 0 Å². The molecule has 0 spiro atoms. The van der Waals surface area contributed by atoms with Crippen molar-refractivity contribution in [1.82, 2.24) is 5.32 Å². The van der Waals surface area contributed by atoms with Gasteiger partial charge in [-0.1, -0.05) is 0 Å². The van der Waals surface area contributed by atoms with E-state index in [4.69, 9.17) is 4.74 Å². The number of hydrogen-bond donors (Lipinski definition) is 2. The zero-order chi connectivity index (χ0) is 18.2. The highest BCUT2D eigenvalue weighted by Crippen LogP contribution is 2.23. The second-order valence-electron chi connectivity index (χ2n) is 6.29. The maximum Gasteiger partial charge on any atom is 0.308 e. The molecule has 1 atom stereocenters. The van der Waals surface area contributed by atoms with E-state index in [9.17, 15) is 23.5 Å². The van der Waals surface area contributed by atoms with Crippen molar-refractivity contribution < 1.29 is 28.2 Å². The largest absolute Gasteiger partial charge is 0.481 e. The highest BCUT2D eigenvalue weighted by atomic mass is 19.1. The number of carboxylic acids is 1. The fourth-order valence-corrected chi connectivity index (χ4v) is 3.06. The molecule has 2 rings (SSSR count). The molecule has 1 amide bonds. The van der Waals surface area contributed by atoms with Gasteiger partial charge in [-0.05, 0) is 55.4 Å². The van der Waals surface area contributed by atoms with E-state index in [1.807, 2.05) is 0 Å². The Bertz CT molecular complexity index is 603. The molecule has 0 saturated carbocycles. The third-order valence-electron chi connectivity index (χ3n) is 4.53. The van der Waals surface area contributed by atoms with Crippen LogP contribution >= 0.6 is 0 Å². The van der Waals surface area contributed by atoms with Crippen LogP contribution in [0.5, 0.6) is 0 Å². The van der Waals surface area contributed by atoms with E-state index in [2.05, 4.69) is 5.32 Å². The van der Waals surface area contributed by atoms with Crippen molar-refractivity contribution >= 4 is 11.9 Å². The van der Waals surface area contributed by atoms with Crippen molar-refractivity contribution in [3.8, 4) is 0 Å². The summed E-state index contributed by atoms with van der Waals surface area (Å²) in [6.07, 6.45) is 2.09. The van der Waals surface area contributed by atoms with E-state index in [0.717, 1.165) is 18.2 Å². The third-order valence-corrected chi connectivity index (χ3v) is 4.53. The van der Waals surface area contributed by atoms with E-state index >= 15 is 0 Å². The number of aryl methyl sites for hydroxylation is 1. The molecule has 25 heavy (non-hydrogen) atoms. The molecule has 138 valence electrons. The molecular formula is C18H23F2NO4. The van der Waals surface area contributed by atoms with Crippen molar-refractivity contribution in [2.45, 2.75) is 32.1 Å². The van der Waals surface area contributed by atoms with E-state index in [-0.39, 0.29) is 36.8 Å². The van der Waals surface area contributed by atoms with Gasteiger partial charge in [0.1, 0.15) is 11.6 Å². The molecule has 0 bridgehead atoms. The van der Waals surface area contributed by atoms with E-state index in [1.54, 1.807) is 0 Å². The molecule has 0 aliphatic carbocycles. The van der Waals surface area contributed by atoms with Gasteiger partial charge in [-0.3, -0.25) is 9.59 Å². The molecular weight excluding hydrogens is 332 g/mol. The maximum absolute atomic E-state index is 13.5. The summed E-state index contributed by atoms with van der Waals surface area (Å²) >= 11 is 0. The smallest absolute Gasteiger partial charge is 0.308 e. The van der Waals surface area contributed by atoms with Gasteiger partial charge >= 0.3 is 5.97 Å². The van der Waals surface area contributed by atoms with Crippen LogP contribution < -0.4 is 5.32 Å². The first-order valence-electron chi connectivity index (χ1n) is 8.48. The lowest BCUT2D eigenvalue weighted by molar-refractivity contribution is -0.145. The number of halogens is 2. The van der Waals surface area contributed by atoms with Crippen LogP contribution in [0, 0.1) is 23.5 Å². The van der Waals surface area contributed by atoms with Crippen LogP contribution in [0.3, 0.4) is 0 Å².